The minimum absolute atomic E-state index is 0.155. The van der Waals surface area contributed by atoms with Crippen LogP contribution in [0.2, 0.25) is 5.02 Å². The lowest BCUT2D eigenvalue weighted by Crippen LogP contribution is -2.28. The number of thioether (sulfide) groups is 1. The molecule has 0 aromatic heterocycles. The molecule has 0 radical (unpaired) electrons. The number of nitrogens with zero attached hydrogens (tertiary/aromatic N) is 1. The maximum absolute atomic E-state index is 12.9. The van der Waals surface area contributed by atoms with Crippen LogP contribution in [0.1, 0.15) is 11.1 Å². The number of benzene rings is 2. The molecule has 1 amide bonds. The van der Waals surface area contributed by atoms with E-state index in [1.54, 1.807) is 23.1 Å². The first-order chi connectivity index (χ1) is 12.0. The van der Waals surface area contributed by atoms with Crippen LogP contribution in [0, 0.1) is 6.92 Å². The average Bonchev–Trinajstić information content (AvgIpc) is 3.13. The molecule has 0 saturated carbocycles. The maximum atomic E-state index is 12.9. The standard InChI is InChI=1S/C18H12ClNO3S2/c1-10-4-2-3-5-13(10)20-17(21)16(25-18(20)24)7-11-6-14-15(8-12(11)19)23-9-22-14/h2-8H,9H2,1H3/b16-7+. The first-order valence-electron chi connectivity index (χ1n) is 7.47. The highest BCUT2D eigenvalue weighted by Crippen LogP contribution is 2.41. The molecule has 0 spiro atoms. The molecule has 1 fully saturated rings. The zero-order chi connectivity index (χ0) is 17.6. The Morgan fingerprint density at radius 3 is 2.72 bits per heavy atom. The first-order valence-corrected chi connectivity index (χ1v) is 9.07. The van der Waals surface area contributed by atoms with Crippen molar-refractivity contribution in [2.45, 2.75) is 6.92 Å². The Balaban J connectivity index is 1.71. The molecule has 2 aromatic rings. The van der Waals surface area contributed by atoms with Gasteiger partial charge in [0.15, 0.2) is 15.8 Å². The van der Waals surface area contributed by atoms with E-state index in [-0.39, 0.29) is 12.7 Å². The summed E-state index contributed by atoms with van der Waals surface area (Å²) in [5.41, 5.74) is 2.47. The van der Waals surface area contributed by atoms with E-state index in [0.717, 1.165) is 11.3 Å². The SMILES string of the molecule is Cc1ccccc1N1C(=O)/C(=C\c2cc3c(cc2Cl)OCO3)SC1=S. The fraction of sp³-hybridized carbons (Fsp3) is 0.111. The quantitative estimate of drug-likeness (QED) is 0.545. The van der Waals surface area contributed by atoms with Crippen molar-refractivity contribution in [2.24, 2.45) is 0 Å². The molecular formula is C18H12ClNO3S2. The molecule has 0 N–H and O–H groups in total. The Bertz CT molecular complexity index is 942. The van der Waals surface area contributed by atoms with Crippen molar-refractivity contribution in [3.8, 4) is 11.5 Å². The van der Waals surface area contributed by atoms with Gasteiger partial charge in [0.25, 0.3) is 5.91 Å². The lowest BCUT2D eigenvalue weighted by Gasteiger charge is -2.16. The van der Waals surface area contributed by atoms with Gasteiger partial charge in [0, 0.05) is 6.07 Å². The van der Waals surface area contributed by atoms with E-state index in [9.17, 15) is 4.79 Å². The minimum atomic E-state index is -0.155. The van der Waals surface area contributed by atoms with Gasteiger partial charge in [-0.3, -0.25) is 9.69 Å². The van der Waals surface area contributed by atoms with Crippen molar-refractivity contribution < 1.29 is 14.3 Å². The van der Waals surface area contributed by atoms with Gasteiger partial charge in [-0.25, -0.2) is 0 Å². The molecule has 2 aliphatic rings. The highest BCUT2D eigenvalue weighted by molar-refractivity contribution is 8.27. The average molecular weight is 390 g/mol. The Kier molecular flexibility index (Phi) is 4.19. The number of amides is 1. The molecule has 2 heterocycles. The molecular weight excluding hydrogens is 378 g/mol. The topological polar surface area (TPSA) is 38.8 Å². The largest absolute Gasteiger partial charge is 0.454 e. The second kappa shape index (κ2) is 6.37. The Morgan fingerprint density at radius 1 is 1.24 bits per heavy atom. The smallest absolute Gasteiger partial charge is 0.270 e. The van der Waals surface area contributed by atoms with Crippen molar-refractivity contribution in [2.75, 3.05) is 11.7 Å². The highest BCUT2D eigenvalue weighted by Gasteiger charge is 2.34. The van der Waals surface area contributed by atoms with Gasteiger partial charge in [-0.15, -0.1) is 0 Å². The van der Waals surface area contributed by atoms with E-state index >= 15 is 0 Å². The lowest BCUT2D eigenvalue weighted by molar-refractivity contribution is -0.113. The van der Waals surface area contributed by atoms with Gasteiger partial charge in [0.1, 0.15) is 0 Å². The summed E-state index contributed by atoms with van der Waals surface area (Å²) in [5.74, 6) is 1.07. The van der Waals surface area contributed by atoms with Crippen LogP contribution in [-0.2, 0) is 4.79 Å². The number of ether oxygens (including phenoxy) is 2. The van der Waals surface area contributed by atoms with Gasteiger partial charge < -0.3 is 9.47 Å². The molecule has 2 aromatic carbocycles. The van der Waals surface area contributed by atoms with E-state index in [0.29, 0.717) is 31.3 Å². The third kappa shape index (κ3) is 2.90. The molecule has 0 unspecified atom stereocenters. The van der Waals surface area contributed by atoms with Crippen LogP contribution in [0.5, 0.6) is 11.5 Å². The molecule has 126 valence electrons. The summed E-state index contributed by atoms with van der Waals surface area (Å²) in [6.07, 6.45) is 1.74. The second-order valence-corrected chi connectivity index (χ2v) is 7.61. The summed E-state index contributed by atoms with van der Waals surface area (Å²) < 4.78 is 11.2. The molecule has 7 heteroatoms. The molecule has 0 bridgehead atoms. The molecule has 0 aliphatic carbocycles. The minimum Gasteiger partial charge on any atom is -0.454 e. The van der Waals surface area contributed by atoms with Crippen molar-refractivity contribution in [3.63, 3.8) is 0 Å². The van der Waals surface area contributed by atoms with Crippen LogP contribution in [-0.4, -0.2) is 17.0 Å². The zero-order valence-corrected chi connectivity index (χ0v) is 15.5. The summed E-state index contributed by atoms with van der Waals surface area (Å²) in [7, 11) is 0. The maximum Gasteiger partial charge on any atom is 0.270 e. The van der Waals surface area contributed by atoms with Crippen LogP contribution in [0.3, 0.4) is 0 Å². The van der Waals surface area contributed by atoms with Crippen molar-refractivity contribution in [3.05, 3.63) is 57.5 Å². The van der Waals surface area contributed by atoms with Gasteiger partial charge >= 0.3 is 0 Å². The number of halogens is 1. The van der Waals surface area contributed by atoms with Gasteiger partial charge in [-0.1, -0.05) is 53.8 Å². The van der Waals surface area contributed by atoms with Crippen LogP contribution < -0.4 is 14.4 Å². The zero-order valence-electron chi connectivity index (χ0n) is 13.1. The summed E-state index contributed by atoms with van der Waals surface area (Å²) in [6.45, 7) is 2.12. The summed E-state index contributed by atoms with van der Waals surface area (Å²) in [4.78, 5) is 14.9. The van der Waals surface area contributed by atoms with Crippen molar-refractivity contribution in [1.29, 1.82) is 0 Å². The van der Waals surface area contributed by atoms with Crippen LogP contribution in [0.15, 0.2) is 41.3 Å². The van der Waals surface area contributed by atoms with Crippen molar-refractivity contribution in [1.82, 2.24) is 0 Å². The fourth-order valence-corrected chi connectivity index (χ4v) is 4.16. The van der Waals surface area contributed by atoms with Crippen LogP contribution in [0.4, 0.5) is 5.69 Å². The predicted octanol–water partition coefficient (Wildman–Crippen LogP) is 4.78. The van der Waals surface area contributed by atoms with E-state index in [1.165, 1.54) is 11.8 Å². The van der Waals surface area contributed by atoms with Gasteiger partial charge in [0.05, 0.1) is 15.6 Å². The molecule has 25 heavy (non-hydrogen) atoms. The highest BCUT2D eigenvalue weighted by atomic mass is 35.5. The summed E-state index contributed by atoms with van der Waals surface area (Å²) in [5, 5.41) is 0.491. The fourth-order valence-electron chi connectivity index (χ4n) is 2.67. The molecule has 1 saturated heterocycles. The summed E-state index contributed by atoms with van der Waals surface area (Å²) >= 11 is 13.0. The van der Waals surface area contributed by atoms with Crippen LogP contribution in [0.25, 0.3) is 6.08 Å². The Labute approximate surface area is 159 Å². The second-order valence-electron chi connectivity index (χ2n) is 5.53. The molecule has 0 atom stereocenters. The van der Waals surface area contributed by atoms with Crippen LogP contribution >= 0.6 is 35.6 Å². The first kappa shape index (κ1) is 16.4. The third-order valence-corrected chi connectivity index (χ3v) is 5.56. The van der Waals surface area contributed by atoms with Gasteiger partial charge in [0.2, 0.25) is 6.79 Å². The number of fused-ring (bicyclic) bond motifs is 1. The van der Waals surface area contributed by atoms with Crippen molar-refractivity contribution >= 4 is 57.6 Å². The number of hydrogen-bond acceptors (Lipinski definition) is 5. The Hall–Kier alpha value is -2.02. The number of rotatable bonds is 2. The normalized spacial score (nSPS) is 17.7. The number of anilines is 1. The van der Waals surface area contributed by atoms with E-state index in [2.05, 4.69) is 0 Å². The van der Waals surface area contributed by atoms with E-state index < -0.39 is 0 Å². The number of para-hydroxylation sites is 1. The predicted molar refractivity (Wildman–Crippen MR) is 104 cm³/mol. The van der Waals surface area contributed by atoms with E-state index in [1.807, 2.05) is 31.2 Å². The van der Waals surface area contributed by atoms with Gasteiger partial charge in [-0.2, -0.15) is 0 Å². The third-order valence-electron chi connectivity index (χ3n) is 3.93. The Morgan fingerprint density at radius 2 is 1.96 bits per heavy atom. The number of carbonyl (C=O) groups is 1. The van der Waals surface area contributed by atoms with Gasteiger partial charge in [-0.05, 0) is 36.3 Å². The lowest BCUT2D eigenvalue weighted by atomic mass is 10.1. The summed E-state index contributed by atoms with van der Waals surface area (Å²) in [6, 6.07) is 11.1. The number of carbonyl (C=O) groups excluding carboxylic acids is 1. The number of thiocarbonyl (C=S) groups is 1. The molecule has 2 aliphatic heterocycles. The molecule has 4 rings (SSSR count). The van der Waals surface area contributed by atoms with E-state index in [4.69, 9.17) is 33.3 Å². The number of hydrogen-bond donors (Lipinski definition) is 0. The number of aryl methyl sites for hydroxylation is 1. The monoisotopic (exact) mass is 389 g/mol. The molecule has 4 nitrogen and oxygen atoms in total.